The number of piperidine rings is 1. The Morgan fingerprint density at radius 2 is 2.10 bits per heavy atom. The third kappa shape index (κ3) is 3.94. The lowest BCUT2D eigenvalue weighted by atomic mass is 9.98. The minimum atomic E-state index is 0. The van der Waals surface area contributed by atoms with Gasteiger partial charge in [0.05, 0.1) is 5.52 Å². The molecule has 114 valence electrons. The number of likely N-dealkylation sites (tertiary alicyclic amines) is 1. The fourth-order valence-electron chi connectivity index (χ4n) is 3.23. The SMILES string of the molecule is Cl.NCCC1CCCCN1Cc1cnc2ccccc2c1. The molecule has 3 nitrogen and oxygen atoms in total. The van der Waals surface area contributed by atoms with Crippen LogP contribution in [0.1, 0.15) is 31.2 Å². The third-order valence-corrected chi connectivity index (χ3v) is 4.28. The quantitative estimate of drug-likeness (QED) is 0.942. The van der Waals surface area contributed by atoms with E-state index in [1.165, 1.54) is 36.8 Å². The lowest BCUT2D eigenvalue weighted by molar-refractivity contribution is 0.134. The first-order valence-corrected chi connectivity index (χ1v) is 7.64. The lowest BCUT2D eigenvalue weighted by Crippen LogP contribution is -2.40. The molecule has 0 bridgehead atoms. The zero-order chi connectivity index (χ0) is 13.8. The molecule has 21 heavy (non-hydrogen) atoms. The van der Waals surface area contributed by atoms with E-state index in [0.29, 0.717) is 6.04 Å². The summed E-state index contributed by atoms with van der Waals surface area (Å²) in [6, 6.07) is 11.2. The Morgan fingerprint density at radius 3 is 2.95 bits per heavy atom. The van der Waals surface area contributed by atoms with Crippen LogP contribution in [0, 0.1) is 0 Å². The number of fused-ring (bicyclic) bond motifs is 1. The topological polar surface area (TPSA) is 42.1 Å². The highest BCUT2D eigenvalue weighted by Crippen LogP contribution is 2.22. The van der Waals surface area contributed by atoms with E-state index < -0.39 is 0 Å². The highest BCUT2D eigenvalue weighted by atomic mass is 35.5. The van der Waals surface area contributed by atoms with Gasteiger partial charge in [0.25, 0.3) is 0 Å². The molecule has 0 aliphatic carbocycles. The molecule has 1 aliphatic rings. The fourth-order valence-corrected chi connectivity index (χ4v) is 3.23. The smallest absolute Gasteiger partial charge is 0.0702 e. The summed E-state index contributed by atoms with van der Waals surface area (Å²) in [5.74, 6) is 0. The Hall–Kier alpha value is -1.16. The van der Waals surface area contributed by atoms with E-state index in [4.69, 9.17) is 5.73 Å². The van der Waals surface area contributed by atoms with Gasteiger partial charge in [-0.2, -0.15) is 0 Å². The van der Waals surface area contributed by atoms with Crippen molar-refractivity contribution in [2.24, 2.45) is 5.73 Å². The number of pyridine rings is 1. The molecular weight excluding hydrogens is 282 g/mol. The summed E-state index contributed by atoms with van der Waals surface area (Å²) in [5.41, 5.74) is 8.14. The summed E-state index contributed by atoms with van der Waals surface area (Å²) in [4.78, 5) is 7.15. The van der Waals surface area contributed by atoms with Gasteiger partial charge >= 0.3 is 0 Å². The zero-order valence-electron chi connectivity index (χ0n) is 12.4. The molecule has 0 saturated carbocycles. The molecule has 4 heteroatoms. The highest BCUT2D eigenvalue weighted by Gasteiger charge is 2.21. The molecule has 1 atom stereocenters. The highest BCUT2D eigenvalue weighted by molar-refractivity contribution is 5.85. The molecule has 2 heterocycles. The maximum absolute atomic E-state index is 5.75. The van der Waals surface area contributed by atoms with Crippen LogP contribution in [0.3, 0.4) is 0 Å². The van der Waals surface area contributed by atoms with E-state index in [0.717, 1.165) is 25.0 Å². The second kappa shape index (κ2) is 7.74. The van der Waals surface area contributed by atoms with Gasteiger partial charge in [-0.05, 0) is 50.0 Å². The lowest BCUT2D eigenvalue weighted by Gasteiger charge is -2.35. The third-order valence-electron chi connectivity index (χ3n) is 4.28. The largest absolute Gasteiger partial charge is 0.330 e. The summed E-state index contributed by atoms with van der Waals surface area (Å²) < 4.78 is 0. The summed E-state index contributed by atoms with van der Waals surface area (Å²) in [5, 5.41) is 1.23. The first-order valence-electron chi connectivity index (χ1n) is 7.64. The van der Waals surface area contributed by atoms with Gasteiger partial charge < -0.3 is 5.73 Å². The van der Waals surface area contributed by atoms with Crippen molar-refractivity contribution in [2.75, 3.05) is 13.1 Å². The number of nitrogens with zero attached hydrogens (tertiary/aromatic N) is 2. The molecular formula is C17H24ClN3. The van der Waals surface area contributed by atoms with Gasteiger partial charge in [-0.25, -0.2) is 0 Å². The molecule has 0 radical (unpaired) electrons. The Kier molecular flexibility index (Phi) is 5.97. The van der Waals surface area contributed by atoms with E-state index in [2.05, 4.69) is 34.1 Å². The number of rotatable bonds is 4. The average molecular weight is 306 g/mol. The van der Waals surface area contributed by atoms with E-state index in [9.17, 15) is 0 Å². The van der Waals surface area contributed by atoms with E-state index in [1.807, 2.05) is 12.3 Å². The van der Waals surface area contributed by atoms with Crippen molar-refractivity contribution in [3.8, 4) is 0 Å². The van der Waals surface area contributed by atoms with E-state index in [1.54, 1.807) is 0 Å². The van der Waals surface area contributed by atoms with Crippen LogP contribution in [0.2, 0.25) is 0 Å². The monoisotopic (exact) mass is 305 g/mol. The Labute approximate surface area is 132 Å². The van der Waals surface area contributed by atoms with E-state index in [-0.39, 0.29) is 12.4 Å². The van der Waals surface area contributed by atoms with Crippen LogP contribution in [0.15, 0.2) is 36.5 Å². The molecule has 1 saturated heterocycles. The van der Waals surface area contributed by atoms with Crippen LogP contribution < -0.4 is 5.73 Å². The molecule has 1 fully saturated rings. The number of hydrogen-bond acceptors (Lipinski definition) is 3. The van der Waals surface area contributed by atoms with Crippen LogP contribution in [-0.4, -0.2) is 29.0 Å². The second-order valence-corrected chi connectivity index (χ2v) is 5.73. The Morgan fingerprint density at radius 1 is 1.24 bits per heavy atom. The van der Waals surface area contributed by atoms with Gasteiger partial charge in [0.1, 0.15) is 0 Å². The summed E-state index contributed by atoms with van der Waals surface area (Å²) in [6.45, 7) is 2.98. The zero-order valence-corrected chi connectivity index (χ0v) is 13.2. The standard InChI is InChI=1S/C17H23N3.ClH/c18-9-8-16-6-3-4-10-20(16)13-14-11-15-5-1-2-7-17(15)19-12-14;/h1-2,5,7,11-12,16H,3-4,6,8-10,13,18H2;1H. The van der Waals surface area contributed by atoms with Crippen molar-refractivity contribution in [1.29, 1.82) is 0 Å². The van der Waals surface area contributed by atoms with Crippen molar-refractivity contribution < 1.29 is 0 Å². The minimum absolute atomic E-state index is 0. The molecule has 1 unspecified atom stereocenters. The molecule has 1 aliphatic heterocycles. The fraction of sp³-hybridized carbons (Fsp3) is 0.471. The van der Waals surface area contributed by atoms with Gasteiger partial charge in [0, 0.05) is 24.2 Å². The first kappa shape index (κ1) is 16.2. The van der Waals surface area contributed by atoms with Gasteiger partial charge in [-0.3, -0.25) is 9.88 Å². The maximum atomic E-state index is 5.75. The van der Waals surface area contributed by atoms with Gasteiger partial charge in [-0.15, -0.1) is 12.4 Å². The first-order chi connectivity index (χ1) is 9.86. The van der Waals surface area contributed by atoms with Gasteiger partial charge in [0.2, 0.25) is 0 Å². The Balaban J connectivity index is 0.00000161. The molecule has 0 amide bonds. The number of para-hydroxylation sites is 1. The van der Waals surface area contributed by atoms with E-state index >= 15 is 0 Å². The summed E-state index contributed by atoms with van der Waals surface area (Å²) >= 11 is 0. The van der Waals surface area contributed by atoms with Crippen molar-refractivity contribution >= 4 is 23.3 Å². The Bertz CT molecular complexity index is 571. The summed E-state index contributed by atoms with van der Waals surface area (Å²) in [7, 11) is 0. The minimum Gasteiger partial charge on any atom is -0.330 e. The average Bonchev–Trinajstić information content (AvgIpc) is 2.49. The molecule has 1 aromatic heterocycles. The summed E-state index contributed by atoms with van der Waals surface area (Å²) in [6.07, 6.45) is 7.08. The number of aromatic nitrogens is 1. The van der Waals surface area contributed by atoms with Crippen molar-refractivity contribution in [2.45, 2.75) is 38.3 Å². The molecule has 3 rings (SSSR count). The van der Waals surface area contributed by atoms with Crippen molar-refractivity contribution in [3.63, 3.8) is 0 Å². The molecule has 1 aromatic carbocycles. The number of benzene rings is 1. The van der Waals surface area contributed by atoms with Crippen molar-refractivity contribution in [1.82, 2.24) is 9.88 Å². The van der Waals surface area contributed by atoms with Crippen molar-refractivity contribution in [3.05, 3.63) is 42.1 Å². The van der Waals surface area contributed by atoms with Crippen LogP contribution >= 0.6 is 12.4 Å². The number of nitrogens with two attached hydrogens (primary N) is 1. The molecule has 0 spiro atoms. The number of halogens is 1. The van der Waals surface area contributed by atoms with Crippen LogP contribution in [-0.2, 0) is 6.54 Å². The molecule has 2 N–H and O–H groups in total. The number of hydrogen-bond donors (Lipinski definition) is 1. The predicted molar refractivity (Wildman–Crippen MR) is 90.7 cm³/mol. The van der Waals surface area contributed by atoms with Crippen LogP contribution in [0.5, 0.6) is 0 Å². The second-order valence-electron chi connectivity index (χ2n) is 5.73. The van der Waals surface area contributed by atoms with Gasteiger partial charge in [-0.1, -0.05) is 24.6 Å². The van der Waals surface area contributed by atoms with Crippen LogP contribution in [0.4, 0.5) is 0 Å². The van der Waals surface area contributed by atoms with Gasteiger partial charge in [0.15, 0.2) is 0 Å². The molecule has 2 aromatic rings. The van der Waals surface area contributed by atoms with Crippen LogP contribution in [0.25, 0.3) is 10.9 Å². The predicted octanol–water partition coefficient (Wildman–Crippen LogP) is 3.36. The maximum Gasteiger partial charge on any atom is 0.0702 e. The normalized spacial score (nSPS) is 19.4.